The number of benzene rings is 6. The van der Waals surface area contributed by atoms with Gasteiger partial charge in [0.25, 0.3) is 0 Å². The van der Waals surface area contributed by atoms with Crippen molar-refractivity contribution in [3.8, 4) is 22.5 Å². The predicted octanol–water partition coefficient (Wildman–Crippen LogP) is 12.1. The Hall–Kier alpha value is -6.50. The second kappa shape index (κ2) is 11.0. The minimum absolute atomic E-state index is 1.11. The van der Waals surface area contributed by atoms with Crippen molar-refractivity contribution in [2.24, 2.45) is 0 Å². The molecule has 6 aromatic carbocycles. The van der Waals surface area contributed by atoms with Crippen LogP contribution in [0, 0.1) is 0 Å². The van der Waals surface area contributed by atoms with E-state index in [1.54, 1.807) is 0 Å². The van der Waals surface area contributed by atoms with Crippen molar-refractivity contribution >= 4 is 60.2 Å². The Morgan fingerprint density at radius 1 is 0.431 bits per heavy atom. The van der Waals surface area contributed by atoms with Gasteiger partial charge in [0, 0.05) is 50.1 Å². The van der Waals surface area contributed by atoms with Gasteiger partial charge in [-0.15, -0.1) is 0 Å². The van der Waals surface area contributed by atoms with Crippen molar-refractivity contribution in [1.29, 1.82) is 0 Å². The van der Waals surface area contributed by atoms with Gasteiger partial charge in [0.15, 0.2) is 0 Å². The maximum atomic E-state index is 3.18. The molecule has 0 saturated carbocycles. The summed E-state index contributed by atoms with van der Waals surface area (Å²) in [5, 5.41) is 6.44. The summed E-state index contributed by atoms with van der Waals surface area (Å²) < 4.78 is 7.32. The van der Waals surface area contributed by atoms with Crippen molar-refractivity contribution in [1.82, 2.24) is 13.7 Å². The van der Waals surface area contributed by atoms with Gasteiger partial charge in [-0.1, -0.05) is 78.2 Å². The lowest BCUT2D eigenvalue weighted by atomic mass is 9.94. The van der Waals surface area contributed by atoms with Crippen LogP contribution >= 0.6 is 0 Å². The number of fused-ring (bicyclic) bond motifs is 9. The van der Waals surface area contributed by atoms with Gasteiger partial charge < -0.3 is 13.7 Å². The fraction of sp³-hybridized carbons (Fsp3) is 0.0833. The first kappa shape index (κ1) is 28.3. The van der Waals surface area contributed by atoms with Crippen LogP contribution in [0.4, 0.5) is 0 Å². The number of aromatic nitrogens is 3. The summed E-state index contributed by atoms with van der Waals surface area (Å²) in [5.41, 5.74) is 21.4. The van der Waals surface area contributed by atoms with E-state index in [2.05, 4.69) is 171 Å². The SMILES string of the molecule is C1=C=CC(n2c3c(c4cc(-c5ccc6c(c5)c5cc7c8ccccc8n(-c8ccccc8)c7cc5n6-c5ccccc5)ccc42)CCCC3)=CC=1. The molecule has 240 valence electrons. The molecule has 3 aromatic heterocycles. The highest BCUT2D eigenvalue weighted by atomic mass is 15.0. The van der Waals surface area contributed by atoms with Crippen molar-refractivity contribution in [2.75, 3.05) is 0 Å². The summed E-state index contributed by atoms with van der Waals surface area (Å²) in [5.74, 6) is 0. The van der Waals surface area contributed by atoms with Crippen LogP contribution in [0.3, 0.4) is 0 Å². The molecule has 3 nitrogen and oxygen atoms in total. The number of nitrogens with zero attached hydrogens (tertiary/aromatic N) is 3. The topological polar surface area (TPSA) is 14.8 Å². The zero-order valence-electron chi connectivity index (χ0n) is 28.1. The van der Waals surface area contributed by atoms with Gasteiger partial charge in [-0.3, -0.25) is 0 Å². The normalized spacial score (nSPS) is 14.0. The van der Waals surface area contributed by atoms with Gasteiger partial charge in [0.2, 0.25) is 0 Å². The number of rotatable bonds is 4. The lowest BCUT2D eigenvalue weighted by Crippen LogP contribution is -2.07. The van der Waals surface area contributed by atoms with Crippen molar-refractivity contribution in [2.45, 2.75) is 25.7 Å². The molecule has 0 N–H and O–H groups in total. The van der Waals surface area contributed by atoms with Crippen LogP contribution in [0.15, 0.2) is 163 Å². The molecule has 3 heteroatoms. The molecule has 2 aliphatic carbocycles. The van der Waals surface area contributed by atoms with Crippen LogP contribution in [-0.2, 0) is 12.8 Å². The maximum absolute atomic E-state index is 3.18. The molecule has 0 fully saturated rings. The van der Waals surface area contributed by atoms with Crippen molar-refractivity contribution < 1.29 is 0 Å². The molecule has 9 aromatic rings. The number of para-hydroxylation sites is 3. The zero-order valence-corrected chi connectivity index (χ0v) is 28.1. The average Bonchev–Trinajstić information content (AvgIpc) is 3.82. The minimum Gasteiger partial charge on any atom is -0.313 e. The first-order valence-corrected chi connectivity index (χ1v) is 18.0. The van der Waals surface area contributed by atoms with Crippen LogP contribution in [0.1, 0.15) is 24.1 Å². The summed E-state index contributed by atoms with van der Waals surface area (Å²) in [6.45, 7) is 0. The third-order valence-corrected chi connectivity index (χ3v) is 11.1. The summed E-state index contributed by atoms with van der Waals surface area (Å²) in [4.78, 5) is 0. The lowest BCUT2D eigenvalue weighted by Gasteiger charge is -2.16. The van der Waals surface area contributed by atoms with Gasteiger partial charge in [0.1, 0.15) is 0 Å². The number of allylic oxidation sites excluding steroid dienone is 4. The number of aryl methyl sites for hydroxylation is 1. The monoisotopic (exact) mass is 651 g/mol. The van der Waals surface area contributed by atoms with Crippen LogP contribution in [0.25, 0.3) is 82.7 Å². The summed E-state index contributed by atoms with van der Waals surface area (Å²) in [6.07, 6.45) is 10.9. The molecule has 0 radical (unpaired) electrons. The molecular formula is C48H33N3. The summed E-state index contributed by atoms with van der Waals surface area (Å²) in [7, 11) is 0. The number of hydrogen-bond acceptors (Lipinski definition) is 0. The standard InChI is InChI=1S/C48H33N3/c1-4-14-34(15-5-1)49-43-22-12-10-20-37(43)39-28-32(24-26-45(39)49)33-25-27-46-40(29-33)42-30-41-38-21-11-13-23-44(38)50(35-16-6-2-7-17-35)47(41)31-48(42)51(46)36-18-8-3-9-19-36/h2-4,6-9,11,13-19,21,23-31H,10,12,20,22H2. The third kappa shape index (κ3) is 4.20. The smallest absolute Gasteiger partial charge is 0.0562 e. The van der Waals surface area contributed by atoms with Crippen LogP contribution in [0.5, 0.6) is 0 Å². The molecule has 51 heavy (non-hydrogen) atoms. The minimum atomic E-state index is 1.11. The molecule has 0 spiro atoms. The highest BCUT2D eigenvalue weighted by molar-refractivity contribution is 6.19. The van der Waals surface area contributed by atoms with Crippen LogP contribution in [0.2, 0.25) is 0 Å². The van der Waals surface area contributed by atoms with E-state index in [0.717, 1.165) is 18.5 Å². The van der Waals surface area contributed by atoms with Crippen molar-refractivity contribution in [3.63, 3.8) is 0 Å². The predicted molar refractivity (Wildman–Crippen MR) is 213 cm³/mol. The Morgan fingerprint density at radius 3 is 1.73 bits per heavy atom. The molecule has 11 rings (SSSR count). The molecular weight excluding hydrogens is 619 g/mol. The second-order valence-electron chi connectivity index (χ2n) is 13.9. The van der Waals surface area contributed by atoms with Crippen LogP contribution in [-0.4, -0.2) is 13.7 Å². The first-order chi connectivity index (χ1) is 25.3. The first-order valence-electron chi connectivity index (χ1n) is 18.0. The Balaban J connectivity index is 1.17. The van der Waals surface area contributed by atoms with Crippen molar-refractivity contribution in [3.05, 3.63) is 174 Å². The molecule has 3 heterocycles. The zero-order chi connectivity index (χ0) is 33.5. The van der Waals surface area contributed by atoms with E-state index in [4.69, 9.17) is 0 Å². The Labute approximate surface area is 295 Å². The lowest BCUT2D eigenvalue weighted by molar-refractivity contribution is 0.669. The van der Waals surface area contributed by atoms with E-state index < -0.39 is 0 Å². The molecule has 0 bridgehead atoms. The third-order valence-electron chi connectivity index (χ3n) is 11.1. The van der Waals surface area contributed by atoms with E-state index in [1.807, 2.05) is 6.08 Å². The Bertz CT molecular complexity index is 3020. The highest BCUT2D eigenvalue weighted by Crippen LogP contribution is 2.42. The molecule has 2 aliphatic rings. The van der Waals surface area contributed by atoms with Gasteiger partial charge in [-0.05, 0) is 121 Å². The second-order valence-corrected chi connectivity index (χ2v) is 13.9. The average molecular weight is 652 g/mol. The van der Waals surface area contributed by atoms with Gasteiger partial charge in [0.05, 0.1) is 33.3 Å². The van der Waals surface area contributed by atoms with E-state index in [9.17, 15) is 0 Å². The Morgan fingerprint density at radius 2 is 1.02 bits per heavy atom. The molecule has 0 atom stereocenters. The number of hydrogen-bond donors (Lipinski definition) is 0. The molecule has 0 unspecified atom stereocenters. The van der Waals surface area contributed by atoms with Crippen LogP contribution < -0.4 is 0 Å². The summed E-state index contributed by atoms with van der Waals surface area (Å²) in [6, 6.07) is 49.3. The highest BCUT2D eigenvalue weighted by Gasteiger charge is 2.23. The summed E-state index contributed by atoms with van der Waals surface area (Å²) >= 11 is 0. The van der Waals surface area contributed by atoms with E-state index in [1.165, 1.54) is 101 Å². The van der Waals surface area contributed by atoms with E-state index in [-0.39, 0.29) is 0 Å². The molecule has 0 saturated heterocycles. The van der Waals surface area contributed by atoms with Gasteiger partial charge in [-0.2, -0.15) is 0 Å². The largest absolute Gasteiger partial charge is 0.313 e. The van der Waals surface area contributed by atoms with Gasteiger partial charge in [-0.25, -0.2) is 0 Å². The maximum Gasteiger partial charge on any atom is 0.0562 e. The Kier molecular flexibility index (Phi) is 6.12. The van der Waals surface area contributed by atoms with E-state index in [0.29, 0.717) is 0 Å². The quantitative estimate of drug-likeness (QED) is 0.168. The van der Waals surface area contributed by atoms with Gasteiger partial charge >= 0.3 is 0 Å². The van der Waals surface area contributed by atoms with E-state index >= 15 is 0 Å². The fourth-order valence-corrected chi connectivity index (χ4v) is 8.87. The fourth-order valence-electron chi connectivity index (χ4n) is 8.87. The molecule has 0 aliphatic heterocycles. The molecule has 0 amide bonds.